The summed E-state index contributed by atoms with van der Waals surface area (Å²) in [6, 6.07) is 6.91. The Labute approximate surface area is 161 Å². The molecular formula is C19H12F4N4O2. The molecule has 3 aromatic rings. The molecule has 2 aromatic carbocycles. The molecule has 0 unspecified atom stereocenters. The van der Waals surface area contributed by atoms with Crippen LogP contribution in [-0.2, 0) is 6.54 Å². The fourth-order valence-corrected chi connectivity index (χ4v) is 2.38. The summed E-state index contributed by atoms with van der Waals surface area (Å²) in [7, 11) is 0. The molecule has 0 aliphatic heterocycles. The van der Waals surface area contributed by atoms with Crippen LogP contribution in [0.5, 0.6) is 0 Å². The minimum absolute atomic E-state index is 0.215. The number of aliphatic imine (C=N–C) groups is 1. The van der Waals surface area contributed by atoms with Crippen molar-refractivity contribution in [3.05, 3.63) is 89.0 Å². The van der Waals surface area contributed by atoms with Gasteiger partial charge < -0.3 is 5.11 Å². The summed E-state index contributed by atoms with van der Waals surface area (Å²) in [5, 5.41) is 16.8. The van der Waals surface area contributed by atoms with Crippen LogP contribution in [-0.4, -0.2) is 32.1 Å². The number of hydrogen-bond donors (Lipinski definition) is 1. The van der Waals surface area contributed by atoms with Crippen LogP contribution in [0.2, 0.25) is 0 Å². The summed E-state index contributed by atoms with van der Waals surface area (Å²) in [5.41, 5.74) is -0.350. The Morgan fingerprint density at radius 2 is 1.83 bits per heavy atom. The Bertz CT molecular complexity index is 1090. The maximum Gasteiger partial charge on any atom is 0.200 e. The first-order valence-electron chi connectivity index (χ1n) is 8.10. The molecule has 3 rings (SSSR count). The monoisotopic (exact) mass is 404 g/mol. The van der Waals surface area contributed by atoms with Crippen molar-refractivity contribution >= 4 is 17.7 Å². The van der Waals surface area contributed by atoms with E-state index >= 15 is 0 Å². The van der Waals surface area contributed by atoms with Crippen LogP contribution in [0.25, 0.3) is 0 Å². The quantitative estimate of drug-likeness (QED) is 0.129. The van der Waals surface area contributed by atoms with Crippen molar-refractivity contribution in [1.29, 1.82) is 0 Å². The van der Waals surface area contributed by atoms with Gasteiger partial charge in [-0.2, -0.15) is 0 Å². The topological polar surface area (TPSA) is 80.4 Å². The average Bonchev–Trinajstić information content (AvgIpc) is 3.23. The van der Waals surface area contributed by atoms with Crippen LogP contribution in [0.15, 0.2) is 59.6 Å². The van der Waals surface area contributed by atoms with Gasteiger partial charge in [0.1, 0.15) is 0 Å². The number of hydrogen-bond acceptors (Lipinski definition) is 5. The lowest BCUT2D eigenvalue weighted by atomic mass is 10.0. The molecule has 148 valence electrons. The number of ketones is 1. The van der Waals surface area contributed by atoms with Crippen LogP contribution in [0.3, 0.4) is 0 Å². The van der Waals surface area contributed by atoms with E-state index in [-0.39, 0.29) is 6.07 Å². The van der Waals surface area contributed by atoms with E-state index < -0.39 is 40.2 Å². The number of carbonyl (C=O) groups is 1. The molecule has 0 fully saturated rings. The number of halogens is 4. The number of nitrogens with zero attached hydrogens (tertiary/aromatic N) is 4. The molecule has 29 heavy (non-hydrogen) atoms. The molecule has 0 saturated carbocycles. The molecule has 0 radical (unpaired) electrons. The van der Waals surface area contributed by atoms with Gasteiger partial charge in [-0.1, -0.05) is 17.3 Å². The first kappa shape index (κ1) is 19.9. The van der Waals surface area contributed by atoms with E-state index in [2.05, 4.69) is 15.3 Å². The van der Waals surface area contributed by atoms with Crippen LogP contribution in [0.1, 0.15) is 15.9 Å². The second-order valence-electron chi connectivity index (χ2n) is 5.79. The van der Waals surface area contributed by atoms with E-state index in [4.69, 9.17) is 0 Å². The highest BCUT2D eigenvalue weighted by Crippen LogP contribution is 2.21. The standard InChI is InChI=1S/C19H12F4N4O2/c20-15-7-14(16(21)18(23)17(15)22)19(29)12(10-28)8-24-13-3-1-11(2-4-13)9-27-6-5-25-26-27/h1-8,10,28H,9H2. The second-order valence-corrected chi connectivity index (χ2v) is 5.79. The molecule has 0 spiro atoms. The number of carbonyl (C=O) groups excluding carboxylic acids is 1. The molecule has 0 aliphatic rings. The Hall–Kier alpha value is -3.82. The van der Waals surface area contributed by atoms with Crippen LogP contribution in [0.4, 0.5) is 23.2 Å². The zero-order chi connectivity index (χ0) is 21.0. The van der Waals surface area contributed by atoms with E-state index in [1.165, 1.54) is 0 Å². The summed E-state index contributed by atoms with van der Waals surface area (Å²) in [5.74, 6) is -9.02. The number of allylic oxidation sites excluding steroid dienone is 1. The van der Waals surface area contributed by atoms with Crippen LogP contribution < -0.4 is 0 Å². The van der Waals surface area contributed by atoms with Gasteiger partial charge in [0.15, 0.2) is 23.3 Å². The van der Waals surface area contributed by atoms with Crippen molar-refractivity contribution in [2.24, 2.45) is 4.99 Å². The first-order chi connectivity index (χ1) is 13.9. The van der Waals surface area contributed by atoms with Gasteiger partial charge in [0.05, 0.1) is 35.8 Å². The molecule has 6 nitrogen and oxygen atoms in total. The fourth-order valence-electron chi connectivity index (χ4n) is 2.38. The lowest BCUT2D eigenvalue weighted by Crippen LogP contribution is -2.11. The van der Waals surface area contributed by atoms with E-state index in [1.54, 1.807) is 41.3 Å². The third kappa shape index (κ3) is 4.37. The smallest absolute Gasteiger partial charge is 0.200 e. The lowest BCUT2D eigenvalue weighted by Gasteiger charge is -2.05. The Kier molecular flexibility index (Phi) is 5.82. The minimum atomic E-state index is -2.12. The maximum atomic E-state index is 13.8. The van der Waals surface area contributed by atoms with Crippen molar-refractivity contribution < 1.29 is 27.5 Å². The molecule has 0 saturated heterocycles. The molecule has 1 N–H and O–H groups in total. The average molecular weight is 404 g/mol. The van der Waals surface area contributed by atoms with Gasteiger partial charge in [-0.05, 0) is 23.8 Å². The summed E-state index contributed by atoms with van der Waals surface area (Å²) >= 11 is 0. The number of aliphatic hydroxyl groups excluding tert-OH is 1. The van der Waals surface area contributed by atoms with Crippen molar-refractivity contribution in [3.63, 3.8) is 0 Å². The maximum absolute atomic E-state index is 13.8. The fraction of sp³-hybridized carbons (Fsp3) is 0.0526. The minimum Gasteiger partial charge on any atom is -0.515 e. The number of aliphatic hydroxyl groups is 1. The first-order valence-corrected chi connectivity index (χ1v) is 8.10. The van der Waals surface area contributed by atoms with E-state index in [0.717, 1.165) is 11.8 Å². The molecule has 10 heteroatoms. The number of aromatic nitrogens is 3. The number of benzene rings is 2. The zero-order valence-corrected chi connectivity index (χ0v) is 14.6. The predicted octanol–water partition coefficient (Wildman–Crippen LogP) is 3.91. The highest BCUT2D eigenvalue weighted by molar-refractivity contribution is 6.21. The Morgan fingerprint density at radius 1 is 1.10 bits per heavy atom. The van der Waals surface area contributed by atoms with Crippen LogP contribution in [0, 0.1) is 23.3 Å². The van der Waals surface area contributed by atoms with Crippen molar-refractivity contribution in [2.45, 2.75) is 6.54 Å². The molecule has 0 atom stereocenters. The molecular weight excluding hydrogens is 392 g/mol. The van der Waals surface area contributed by atoms with E-state index in [9.17, 15) is 27.5 Å². The molecule has 1 heterocycles. The van der Waals surface area contributed by atoms with Gasteiger partial charge in [0, 0.05) is 12.4 Å². The third-order valence-electron chi connectivity index (χ3n) is 3.85. The summed E-state index contributed by atoms with van der Waals surface area (Å²) in [4.78, 5) is 16.2. The Morgan fingerprint density at radius 3 is 2.45 bits per heavy atom. The molecule has 1 aromatic heterocycles. The van der Waals surface area contributed by atoms with Gasteiger partial charge in [0.2, 0.25) is 5.78 Å². The summed E-state index contributed by atoms with van der Waals surface area (Å²) < 4.78 is 55.1. The third-order valence-corrected chi connectivity index (χ3v) is 3.85. The van der Waals surface area contributed by atoms with Gasteiger partial charge in [-0.3, -0.25) is 9.79 Å². The molecule has 0 bridgehead atoms. The Balaban J connectivity index is 1.78. The van der Waals surface area contributed by atoms with E-state index in [0.29, 0.717) is 18.5 Å². The highest BCUT2D eigenvalue weighted by Gasteiger charge is 2.24. The lowest BCUT2D eigenvalue weighted by molar-refractivity contribution is 0.103. The molecule has 0 aliphatic carbocycles. The van der Waals surface area contributed by atoms with Gasteiger partial charge in [-0.15, -0.1) is 5.10 Å². The van der Waals surface area contributed by atoms with Gasteiger partial charge >= 0.3 is 0 Å². The van der Waals surface area contributed by atoms with Crippen molar-refractivity contribution in [3.8, 4) is 0 Å². The van der Waals surface area contributed by atoms with Gasteiger partial charge in [0.25, 0.3) is 0 Å². The number of rotatable bonds is 6. The van der Waals surface area contributed by atoms with Crippen LogP contribution >= 0.6 is 0 Å². The SMILES string of the molecule is O=C(C(C=Nc1ccc(Cn2ccnn2)cc1)=CO)c1cc(F)c(F)c(F)c1F. The van der Waals surface area contributed by atoms with E-state index in [1.807, 2.05) is 0 Å². The number of Topliss-reactive ketones (excluding diaryl/α,β-unsaturated/α-hetero) is 1. The molecule has 0 amide bonds. The normalized spacial score (nSPS) is 11.9. The highest BCUT2D eigenvalue weighted by atomic mass is 19.2. The van der Waals surface area contributed by atoms with Crippen molar-refractivity contribution in [1.82, 2.24) is 15.0 Å². The zero-order valence-electron chi connectivity index (χ0n) is 14.6. The summed E-state index contributed by atoms with van der Waals surface area (Å²) in [6.45, 7) is 0.477. The summed E-state index contributed by atoms with van der Waals surface area (Å²) in [6.07, 6.45) is 4.44. The predicted molar refractivity (Wildman–Crippen MR) is 95.0 cm³/mol. The van der Waals surface area contributed by atoms with Gasteiger partial charge in [-0.25, -0.2) is 22.2 Å². The van der Waals surface area contributed by atoms with Crippen molar-refractivity contribution in [2.75, 3.05) is 0 Å². The second kappa shape index (κ2) is 8.46. The largest absolute Gasteiger partial charge is 0.515 e.